The molecule has 0 heterocycles. The first kappa shape index (κ1) is 28.1. The van der Waals surface area contributed by atoms with Gasteiger partial charge < -0.3 is 5.32 Å². The Balaban J connectivity index is 1.50. The molecule has 0 spiro atoms. The normalized spacial score (nSPS) is 11.6. The van der Waals surface area contributed by atoms with Crippen LogP contribution in [0.25, 0.3) is 0 Å². The molecule has 0 aliphatic carbocycles. The van der Waals surface area contributed by atoms with Gasteiger partial charge in [-0.15, -0.1) is 0 Å². The summed E-state index contributed by atoms with van der Waals surface area (Å²) >= 11 is 6.17. The Morgan fingerprint density at radius 2 is 1.38 bits per heavy atom. The lowest BCUT2D eigenvalue weighted by atomic mass is 10.1. The molecule has 0 atom stereocenters. The molecular weight excluding hydrogens is 565 g/mol. The number of carbonyl (C=O) groups is 1. The van der Waals surface area contributed by atoms with Gasteiger partial charge in [0.25, 0.3) is 26.0 Å². The number of benzene rings is 4. The second-order valence-corrected chi connectivity index (χ2v) is 12.4. The molecule has 0 fully saturated rings. The maximum atomic E-state index is 13.1. The van der Waals surface area contributed by atoms with E-state index in [4.69, 9.17) is 11.6 Å². The van der Waals surface area contributed by atoms with Gasteiger partial charge in [0.15, 0.2) is 0 Å². The molecule has 0 aliphatic rings. The molecular formula is C27H23ClFN3O5S2. The summed E-state index contributed by atoms with van der Waals surface area (Å²) in [6.07, 6.45) is 0. The summed E-state index contributed by atoms with van der Waals surface area (Å²) in [5.41, 5.74) is 2.57. The Labute approximate surface area is 230 Å². The highest BCUT2D eigenvalue weighted by atomic mass is 35.5. The molecule has 4 rings (SSSR count). The van der Waals surface area contributed by atoms with Gasteiger partial charge in [0, 0.05) is 16.9 Å². The van der Waals surface area contributed by atoms with Crippen molar-refractivity contribution in [3.63, 3.8) is 0 Å². The summed E-state index contributed by atoms with van der Waals surface area (Å²) in [4.78, 5) is 12.5. The Bertz CT molecular complexity index is 1760. The molecule has 202 valence electrons. The van der Waals surface area contributed by atoms with E-state index in [0.29, 0.717) is 5.69 Å². The molecule has 0 saturated heterocycles. The predicted molar refractivity (Wildman–Crippen MR) is 150 cm³/mol. The first-order chi connectivity index (χ1) is 18.3. The molecule has 8 nitrogen and oxygen atoms in total. The van der Waals surface area contributed by atoms with Crippen molar-refractivity contribution in [1.29, 1.82) is 0 Å². The number of hydrogen-bond acceptors (Lipinski definition) is 5. The lowest BCUT2D eigenvalue weighted by molar-refractivity contribution is 0.102. The average Bonchev–Trinajstić information content (AvgIpc) is 2.87. The van der Waals surface area contributed by atoms with Crippen LogP contribution < -0.4 is 14.8 Å². The zero-order valence-corrected chi connectivity index (χ0v) is 23.1. The van der Waals surface area contributed by atoms with E-state index in [1.807, 2.05) is 13.0 Å². The topological polar surface area (TPSA) is 121 Å². The molecule has 39 heavy (non-hydrogen) atoms. The molecule has 0 saturated carbocycles. The van der Waals surface area contributed by atoms with E-state index in [1.165, 1.54) is 48.5 Å². The second kappa shape index (κ2) is 11.0. The van der Waals surface area contributed by atoms with Crippen LogP contribution in [0.4, 0.5) is 21.5 Å². The van der Waals surface area contributed by atoms with E-state index in [0.717, 1.165) is 29.3 Å². The molecule has 1 amide bonds. The van der Waals surface area contributed by atoms with Gasteiger partial charge >= 0.3 is 0 Å². The van der Waals surface area contributed by atoms with Gasteiger partial charge in [-0.2, -0.15) is 0 Å². The summed E-state index contributed by atoms with van der Waals surface area (Å²) < 4.78 is 69.3. The Morgan fingerprint density at radius 1 is 0.744 bits per heavy atom. The number of hydrogen-bond donors (Lipinski definition) is 3. The monoisotopic (exact) mass is 587 g/mol. The van der Waals surface area contributed by atoms with Gasteiger partial charge in [-0.25, -0.2) is 21.2 Å². The number of anilines is 3. The minimum atomic E-state index is -4.11. The van der Waals surface area contributed by atoms with Gasteiger partial charge in [-0.05, 0) is 92.2 Å². The van der Waals surface area contributed by atoms with Gasteiger partial charge in [0.2, 0.25) is 0 Å². The second-order valence-electron chi connectivity index (χ2n) is 8.66. The van der Waals surface area contributed by atoms with Crippen molar-refractivity contribution in [1.82, 2.24) is 0 Å². The summed E-state index contributed by atoms with van der Waals surface area (Å²) in [6, 6.07) is 19.3. The third kappa shape index (κ3) is 6.75. The highest BCUT2D eigenvalue weighted by molar-refractivity contribution is 7.93. The van der Waals surface area contributed by atoms with E-state index >= 15 is 0 Å². The predicted octanol–water partition coefficient (Wildman–Crippen LogP) is 5.95. The molecule has 0 aromatic heterocycles. The fourth-order valence-corrected chi connectivity index (χ4v) is 6.35. The molecule has 4 aromatic carbocycles. The zero-order chi connectivity index (χ0) is 28.4. The third-order valence-corrected chi connectivity index (χ3v) is 8.87. The van der Waals surface area contributed by atoms with Crippen LogP contribution in [0.3, 0.4) is 0 Å². The number of nitrogens with one attached hydrogen (secondary N) is 3. The molecule has 0 bridgehead atoms. The lowest BCUT2D eigenvalue weighted by Crippen LogP contribution is -2.17. The maximum absolute atomic E-state index is 13.1. The van der Waals surface area contributed by atoms with Gasteiger partial charge in [-0.1, -0.05) is 29.3 Å². The van der Waals surface area contributed by atoms with Crippen LogP contribution in [-0.4, -0.2) is 22.7 Å². The standard InChI is InChI=1S/C27H23ClFN3O5S2/c1-17-3-14-25(18(2)15-17)32-39(36,37)26-16-19(4-13-24(26)28)27(33)30-21-9-11-23(12-10-21)38(34,35)31-22-7-5-20(29)6-8-22/h3-16,31-32H,1-2H3,(H,30,33). The summed E-state index contributed by atoms with van der Waals surface area (Å²) in [7, 11) is -8.07. The van der Waals surface area contributed by atoms with Crippen molar-refractivity contribution in [2.24, 2.45) is 0 Å². The van der Waals surface area contributed by atoms with Crippen molar-refractivity contribution in [2.45, 2.75) is 23.6 Å². The van der Waals surface area contributed by atoms with Crippen LogP contribution in [0.5, 0.6) is 0 Å². The van der Waals surface area contributed by atoms with Crippen molar-refractivity contribution in [2.75, 3.05) is 14.8 Å². The van der Waals surface area contributed by atoms with Crippen LogP contribution in [0.15, 0.2) is 94.7 Å². The van der Waals surface area contributed by atoms with Crippen LogP contribution in [-0.2, 0) is 20.0 Å². The van der Waals surface area contributed by atoms with Crippen LogP contribution in [0.2, 0.25) is 5.02 Å². The van der Waals surface area contributed by atoms with Crippen LogP contribution >= 0.6 is 11.6 Å². The first-order valence-electron chi connectivity index (χ1n) is 11.4. The number of carbonyl (C=O) groups excluding carboxylic acids is 1. The van der Waals surface area contributed by atoms with Gasteiger partial charge in [0.05, 0.1) is 15.6 Å². The maximum Gasteiger partial charge on any atom is 0.263 e. The van der Waals surface area contributed by atoms with Crippen molar-refractivity contribution in [3.05, 3.63) is 112 Å². The highest BCUT2D eigenvalue weighted by Crippen LogP contribution is 2.27. The quantitative estimate of drug-likeness (QED) is 0.235. The van der Waals surface area contributed by atoms with Crippen molar-refractivity contribution < 1.29 is 26.0 Å². The van der Waals surface area contributed by atoms with E-state index < -0.39 is 31.8 Å². The smallest absolute Gasteiger partial charge is 0.263 e. The van der Waals surface area contributed by atoms with E-state index in [-0.39, 0.29) is 31.8 Å². The van der Waals surface area contributed by atoms with Crippen LogP contribution in [0, 0.1) is 19.7 Å². The minimum absolute atomic E-state index is 0.0232. The number of amides is 1. The Morgan fingerprint density at radius 3 is 2.03 bits per heavy atom. The Hall–Kier alpha value is -3.93. The van der Waals surface area contributed by atoms with Gasteiger partial charge in [0.1, 0.15) is 10.7 Å². The largest absolute Gasteiger partial charge is 0.322 e. The lowest BCUT2D eigenvalue weighted by Gasteiger charge is -2.13. The number of rotatable bonds is 8. The van der Waals surface area contributed by atoms with E-state index in [9.17, 15) is 26.0 Å². The van der Waals surface area contributed by atoms with E-state index in [2.05, 4.69) is 14.8 Å². The molecule has 12 heteroatoms. The summed E-state index contributed by atoms with van der Waals surface area (Å²) in [5, 5.41) is 2.54. The first-order valence-corrected chi connectivity index (χ1v) is 14.8. The minimum Gasteiger partial charge on any atom is -0.322 e. The van der Waals surface area contributed by atoms with Crippen molar-refractivity contribution in [3.8, 4) is 0 Å². The molecule has 0 radical (unpaired) electrons. The fourth-order valence-electron chi connectivity index (χ4n) is 3.63. The number of halogens is 2. The molecule has 0 unspecified atom stereocenters. The van der Waals surface area contributed by atoms with Gasteiger partial charge in [-0.3, -0.25) is 14.2 Å². The highest BCUT2D eigenvalue weighted by Gasteiger charge is 2.22. The zero-order valence-electron chi connectivity index (χ0n) is 20.7. The Kier molecular flexibility index (Phi) is 7.96. The molecule has 4 aromatic rings. The number of aryl methyl sites for hydroxylation is 2. The van der Waals surface area contributed by atoms with Crippen molar-refractivity contribution >= 4 is 54.6 Å². The average molecular weight is 588 g/mol. The SMILES string of the molecule is Cc1ccc(NS(=O)(=O)c2cc(C(=O)Nc3ccc(S(=O)(=O)Nc4ccc(F)cc4)cc3)ccc2Cl)c(C)c1. The van der Waals surface area contributed by atoms with Crippen LogP contribution in [0.1, 0.15) is 21.5 Å². The molecule has 3 N–H and O–H groups in total. The number of sulfonamides is 2. The summed E-state index contributed by atoms with van der Waals surface area (Å²) in [6.45, 7) is 3.66. The molecule has 0 aliphatic heterocycles. The fraction of sp³-hybridized carbons (Fsp3) is 0.0741. The third-order valence-electron chi connectivity index (χ3n) is 5.63. The van der Waals surface area contributed by atoms with E-state index in [1.54, 1.807) is 19.1 Å². The summed E-state index contributed by atoms with van der Waals surface area (Å²) in [5.74, 6) is -1.13.